The maximum absolute atomic E-state index is 12.7. The van der Waals surface area contributed by atoms with E-state index in [-0.39, 0.29) is 4.21 Å². The first-order chi connectivity index (χ1) is 13.8. The molecule has 0 aliphatic heterocycles. The third-order valence-electron chi connectivity index (χ3n) is 6.14. The molecule has 3 aliphatic rings. The average Bonchev–Trinajstić information content (AvgIpc) is 3.17. The number of carbonyl (C=O) groups excluding carboxylic acids is 1. The fourth-order valence-corrected chi connectivity index (χ4v) is 7.06. The van der Waals surface area contributed by atoms with Crippen LogP contribution in [0.2, 0.25) is 5.02 Å². The molecule has 6 nitrogen and oxygen atoms in total. The Kier molecular flexibility index (Phi) is 4.47. The maximum atomic E-state index is 12.7. The Morgan fingerprint density at radius 1 is 1.07 bits per heavy atom. The van der Waals surface area contributed by atoms with Gasteiger partial charge in [0.25, 0.3) is 10.0 Å². The summed E-state index contributed by atoms with van der Waals surface area (Å²) in [6.07, 6.45) is 6.65. The van der Waals surface area contributed by atoms with E-state index < -0.39 is 21.7 Å². The monoisotopic (exact) mass is 452 g/mol. The summed E-state index contributed by atoms with van der Waals surface area (Å²) >= 11 is 7.60. The summed E-state index contributed by atoms with van der Waals surface area (Å²) in [4.78, 5) is 12.6. The third-order valence-corrected chi connectivity index (χ3v) is 9.36. The quantitative estimate of drug-likeness (QED) is 0.656. The highest BCUT2D eigenvalue weighted by molar-refractivity contribution is 7.92. The molecule has 0 spiro atoms. The Bertz CT molecular complexity index is 1100. The number of halogens is 1. The zero-order chi connectivity index (χ0) is 20.4. The van der Waals surface area contributed by atoms with Gasteiger partial charge in [-0.15, -0.1) is 11.3 Å². The number of carbonyl (C=O) groups is 1. The molecule has 1 aromatic heterocycles. The van der Waals surface area contributed by atoms with Crippen LogP contribution in [0.3, 0.4) is 0 Å². The Morgan fingerprint density at radius 3 is 2.24 bits per heavy atom. The largest absolute Gasteiger partial charge is 0.385 e. The first-order valence-corrected chi connectivity index (χ1v) is 12.5. The molecule has 0 unspecified atom stereocenters. The predicted molar refractivity (Wildman–Crippen MR) is 112 cm³/mol. The van der Waals surface area contributed by atoms with Crippen molar-refractivity contribution < 1.29 is 18.3 Å². The van der Waals surface area contributed by atoms with Gasteiger partial charge in [-0.05, 0) is 90.6 Å². The maximum Gasteiger partial charge on any atom is 0.333 e. The van der Waals surface area contributed by atoms with Crippen LogP contribution in [0.15, 0.2) is 15.7 Å². The summed E-state index contributed by atoms with van der Waals surface area (Å²) in [5.74, 6) is 0. The van der Waals surface area contributed by atoms with Crippen LogP contribution in [0.5, 0.6) is 0 Å². The van der Waals surface area contributed by atoms with Crippen LogP contribution in [0.25, 0.3) is 0 Å². The summed E-state index contributed by atoms with van der Waals surface area (Å²) in [6.45, 7) is 0. The van der Waals surface area contributed by atoms with E-state index in [2.05, 4.69) is 10.0 Å². The molecule has 1 aromatic carbocycles. The normalized spacial score (nSPS) is 19.0. The standard InChI is InChI=1S/C20H21ClN2O4S2/c21-17-12-3-1-5-14(12)18(15-6-2-4-13(15)17)22-19(24)23-29(26,27)16-9-11(10-28-16)20(25)7-8-20/h9-10,25H,1-8H2,(H2,22,23,24). The minimum absolute atomic E-state index is 0.0227. The average molecular weight is 453 g/mol. The van der Waals surface area contributed by atoms with Crippen molar-refractivity contribution in [1.29, 1.82) is 0 Å². The van der Waals surface area contributed by atoms with Crippen LogP contribution in [-0.2, 0) is 41.3 Å². The van der Waals surface area contributed by atoms with E-state index in [0.29, 0.717) is 18.4 Å². The van der Waals surface area contributed by atoms with E-state index in [1.165, 1.54) is 6.07 Å². The number of fused-ring (bicyclic) bond motifs is 2. The fraction of sp³-hybridized carbons (Fsp3) is 0.450. The van der Waals surface area contributed by atoms with E-state index in [4.69, 9.17) is 11.6 Å². The van der Waals surface area contributed by atoms with Crippen LogP contribution < -0.4 is 10.0 Å². The molecule has 3 aliphatic carbocycles. The van der Waals surface area contributed by atoms with Crippen molar-refractivity contribution >= 4 is 44.7 Å². The number of thiophene rings is 1. The van der Waals surface area contributed by atoms with Crippen LogP contribution in [0, 0.1) is 0 Å². The van der Waals surface area contributed by atoms with Crippen molar-refractivity contribution in [2.45, 2.75) is 61.2 Å². The van der Waals surface area contributed by atoms with Gasteiger partial charge in [0.1, 0.15) is 4.21 Å². The Balaban J connectivity index is 1.40. The van der Waals surface area contributed by atoms with Gasteiger partial charge >= 0.3 is 6.03 Å². The summed E-state index contributed by atoms with van der Waals surface area (Å²) in [6, 6.07) is 0.681. The number of urea groups is 1. The van der Waals surface area contributed by atoms with Gasteiger partial charge in [0, 0.05) is 10.7 Å². The SMILES string of the molecule is O=C(Nc1c2c(c(Cl)c3c1CCC3)CCC2)NS(=O)(=O)c1cc(C2(O)CC2)cs1. The van der Waals surface area contributed by atoms with Crippen LogP contribution in [0.4, 0.5) is 10.5 Å². The lowest BCUT2D eigenvalue weighted by molar-refractivity contribution is 0.152. The van der Waals surface area contributed by atoms with Gasteiger partial charge in [-0.2, -0.15) is 0 Å². The lowest BCUT2D eigenvalue weighted by Gasteiger charge is -2.18. The molecule has 9 heteroatoms. The zero-order valence-electron chi connectivity index (χ0n) is 15.7. The second-order valence-electron chi connectivity index (χ2n) is 8.06. The van der Waals surface area contributed by atoms with Gasteiger partial charge in [0.2, 0.25) is 0 Å². The molecule has 0 radical (unpaired) electrons. The van der Waals surface area contributed by atoms with E-state index >= 15 is 0 Å². The Labute approximate surface area is 178 Å². The number of anilines is 1. The number of amides is 2. The number of sulfonamides is 1. The zero-order valence-corrected chi connectivity index (χ0v) is 18.1. The molecule has 0 bridgehead atoms. The number of aliphatic hydroxyl groups is 1. The number of hydrogen-bond acceptors (Lipinski definition) is 5. The van der Waals surface area contributed by atoms with Crippen molar-refractivity contribution in [2.24, 2.45) is 0 Å². The Hall–Kier alpha value is -1.61. The smallest absolute Gasteiger partial charge is 0.333 e. The van der Waals surface area contributed by atoms with Crippen molar-refractivity contribution in [1.82, 2.24) is 4.72 Å². The number of rotatable bonds is 4. The van der Waals surface area contributed by atoms with Crippen molar-refractivity contribution in [3.8, 4) is 0 Å². The van der Waals surface area contributed by atoms with Crippen LogP contribution >= 0.6 is 22.9 Å². The van der Waals surface area contributed by atoms with Gasteiger partial charge in [-0.3, -0.25) is 0 Å². The molecule has 2 aromatic rings. The van der Waals surface area contributed by atoms with Crippen molar-refractivity contribution in [3.63, 3.8) is 0 Å². The summed E-state index contributed by atoms with van der Waals surface area (Å²) in [5, 5.41) is 15.4. The summed E-state index contributed by atoms with van der Waals surface area (Å²) < 4.78 is 27.4. The van der Waals surface area contributed by atoms with Crippen LogP contribution in [-0.4, -0.2) is 19.6 Å². The highest BCUT2D eigenvalue weighted by atomic mass is 35.5. The predicted octanol–water partition coefficient (Wildman–Crippen LogP) is 3.87. The number of benzene rings is 1. The first kappa shape index (κ1) is 19.4. The summed E-state index contributed by atoms with van der Waals surface area (Å²) in [7, 11) is -4.01. The summed E-state index contributed by atoms with van der Waals surface area (Å²) in [5.41, 5.74) is 4.68. The van der Waals surface area contributed by atoms with Crippen molar-refractivity contribution in [2.75, 3.05) is 5.32 Å². The van der Waals surface area contributed by atoms with Crippen molar-refractivity contribution in [3.05, 3.63) is 44.3 Å². The number of nitrogens with one attached hydrogen (secondary N) is 2. The minimum atomic E-state index is -4.01. The molecule has 1 fully saturated rings. The van der Waals surface area contributed by atoms with E-state index in [1.807, 2.05) is 0 Å². The first-order valence-electron chi connectivity index (χ1n) is 9.79. The molecule has 1 saturated carbocycles. The lowest BCUT2D eigenvalue weighted by Crippen LogP contribution is -2.34. The molecule has 0 atom stereocenters. The van der Waals surface area contributed by atoms with Gasteiger partial charge in [-0.1, -0.05) is 11.6 Å². The van der Waals surface area contributed by atoms with Gasteiger partial charge < -0.3 is 10.4 Å². The highest BCUT2D eigenvalue weighted by Crippen LogP contribution is 2.47. The molecule has 3 N–H and O–H groups in total. The third kappa shape index (κ3) is 3.26. The molecule has 1 heterocycles. The molecule has 2 amide bonds. The lowest BCUT2D eigenvalue weighted by atomic mass is 9.98. The van der Waals surface area contributed by atoms with E-state index in [1.54, 1.807) is 5.38 Å². The number of hydrogen-bond donors (Lipinski definition) is 3. The molecule has 29 heavy (non-hydrogen) atoms. The highest BCUT2D eigenvalue weighted by Gasteiger charge is 2.43. The second-order valence-corrected chi connectivity index (χ2v) is 11.3. The van der Waals surface area contributed by atoms with E-state index in [9.17, 15) is 18.3 Å². The van der Waals surface area contributed by atoms with E-state index in [0.717, 1.165) is 82.8 Å². The molecular weight excluding hydrogens is 432 g/mol. The molecule has 0 saturated heterocycles. The van der Waals surface area contributed by atoms with Crippen LogP contribution in [0.1, 0.15) is 53.5 Å². The minimum Gasteiger partial charge on any atom is -0.385 e. The Morgan fingerprint density at radius 2 is 1.66 bits per heavy atom. The topological polar surface area (TPSA) is 95.5 Å². The van der Waals surface area contributed by atoms with Gasteiger partial charge in [-0.25, -0.2) is 17.9 Å². The fourth-order valence-electron chi connectivity index (χ4n) is 4.46. The second kappa shape index (κ2) is 6.70. The molecule has 154 valence electrons. The molecular formula is C20H21ClN2O4S2. The van der Waals surface area contributed by atoms with Gasteiger partial charge in [0.05, 0.1) is 5.60 Å². The molecule has 5 rings (SSSR count). The van der Waals surface area contributed by atoms with Gasteiger partial charge in [0.15, 0.2) is 0 Å².